The van der Waals surface area contributed by atoms with Crippen LogP contribution in [0.2, 0.25) is 0 Å². The Labute approximate surface area is 111 Å². The van der Waals surface area contributed by atoms with Crippen LogP contribution < -0.4 is 5.32 Å². The Morgan fingerprint density at radius 2 is 2.11 bits per heavy atom. The second kappa shape index (κ2) is 7.46. The van der Waals surface area contributed by atoms with E-state index in [1.54, 1.807) is 6.92 Å². The van der Waals surface area contributed by atoms with Crippen LogP contribution in [0.3, 0.4) is 0 Å². The van der Waals surface area contributed by atoms with Gasteiger partial charge in [0.2, 0.25) is 0 Å². The largest absolute Gasteiger partial charge is 0.381 e. The molecule has 3 unspecified atom stereocenters. The van der Waals surface area contributed by atoms with Gasteiger partial charge in [-0.2, -0.15) is 0 Å². The van der Waals surface area contributed by atoms with E-state index in [0.717, 1.165) is 26.0 Å². The highest BCUT2D eigenvalue weighted by atomic mass is 32.2. The second-order valence-corrected chi connectivity index (χ2v) is 7.70. The zero-order chi connectivity index (χ0) is 13.6. The van der Waals surface area contributed by atoms with Gasteiger partial charge < -0.3 is 10.1 Å². The summed E-state index contributed by atoms with van der Waals surface area (Å²) in [5, 5.41) is 3.14. The van der Waals surface area contributed by atoms with Gasteiger partial charge in [0.1, 0.15) is 0 Å². The van der Waals surface area contributed by atoms with E-state index >= 15 is 0 Å². The van der Waals surface area contributed by atoms with Crippen LogP contribution in [0.1, 0.15) is 40.0 Å². The van der Waals surface area contributed by atoms with Gasteiger partial charge in [-0.1, -0.05) is 13.8 Å². The Morgan fingerprint density at radius 3 is 2.61 bits per heavy atom. The van der Waals surface area contributed by atoms with Crippen LogP contribution in [0.25, 0.3) is 0 Å². The predicted octanol–water partition coefficient (Wildman–Crippen LogP) is 1.60. The molecule has 0 amide bonds. The highest BCUT2D eigenvalue weighted by molar-refractivity contribution is 7.92. The van der Waals surface area contributed by atoms with Gasteiger partial charge in [-0.25, -0.2) is 8.42 Å². The van der Waals surface area contributed by atoms with Crippen molar-refractivity contribution in [3.05, 3.63) is 0 Å². The van der Waals surface area contributed by atoms with Crippen molar-refractivity contribution in [1.29, 1.82) is 0 Å². The Bertz CT molecular complexity index is 323. The minimum absolute atomic E-state index is 0.0476. The van der Waals surface area contributed by atoms with Crippen molar-refractivity contribution in [3.63, 3.8) is 0 Å². The number of hydrogen-bond acceptors (Lipinski definition) is 4. The smallest absolute Gasteiger partial charge is 0.154 e. The lowest BCUT2D eigenvalue weighted by Crippen LogP contribution is -2.44. The standard InChI is InChI=1S/C13H27NO3S/c1-4-7-14-13(12-6-8-17-9-12)10-18(15,16)11(3)5-2/h11-14H,4-10H2,1-3H3. The summed E-state index contributed by atoms with van der Waals surface area (Å²) in [5.74, 6) is 0.589. The fourth-order valence-electron chi connectivity index (χ4n) is 2.23. The first-order valence-electron chi connectivity index (χ1n) is 7.04. The van der Waals surface area contributed by atoms with Gasteiger partial charge in [-0.3, -0.25) is 0 Å². The van der Waals surface area contributed by atoms with Crippen molar-refractivity contribution in [2.45, 2.75) is 51.3 Å². The maximum absolute atomic E-state index is 12.2. The molecule has 3 atom stereocenters. The van der Waals surface area contributed by atoms with Crippen LogP contribution in [-0.4, -0.2) is 45.2 Å². The van der Waals surface area contributed by atoms with Crippen molar-refractivity contribution in [2.75, 3.05) is 25.5 Å². The molecular formula is C13H27NO3S. The number of sulfone groups is 1. The van der Waals surface area contributed by atoms with Gasteiger partial charge in [-0.05, 0) is 32.7 Å². The molecule has 1 aliphatic heterocycles. The summed E-state index contributed by atoms with van der Waals surface area (Å²) in [7, 11) is -3.00. The topological polar surface area (TPSA) is 55.4 Å². The molecule has 1 rings (SSSR count). The third-order valence-electron chi connectivity index (χ3n) is 3.79. The molecular weight excluding hydrogens is 250 g/mol. The number of ether oxygens (including phenoxy) is 1. The highest BCUT2D eigenvalue weighted by Gasteiger charge is 2.31. The van der Waals surface area contributed by atoms with E-state index in [4.69, 9.17) is 4.74 Å². The summed E-state index contributed by atoms with van der Waals surface area (Å²) in [6.07, 6.45) is 2.68. The van der Waals surface area contributed by atoms with Gasteiger partial charge in [-0.15, -0.1) is 0 Å². The van der Waals surface area contributed by atoms with Gasteiger partial charge in [0.25, 0.3) is 0 Å². The van der Waals surface area contributed by atoms with E-state index < -0.39 is 9.84 Å². The van der Waals surface area contributed by atoms with Gasteiger partial charge in [0.15, 0.2) is 9.84 Å². The summed E-state index contributed by atoms with van der Waals surface area (Å²) >= 11 is 0. The molecule has 4 nitrogen and oxygen atoms in total. The lowest BCUT2D eigenvalue weighted by Gasteiger charge is -2.25. The van der Waals surface area contributed by atoms with Crippen LogP contribution in [0.4, 0.5) is 0 Å². The fourth-order valence-corrected chi connectivity index (χ4v) is 3.96. The summed E-state index contributed by atoms with van der Waals surface area (Å²) in [6, 6.07) is 0.0476. The van der Waals surface area contributed by atoms with Crippen molar-refractivity contribution in [2.24, 2.45) is 5.92 Å². The van der Waals surface area contributed by atoms with Gasteiger partial charge in [0, 0.05) is 18.6 Å². The molecule has 1 aliphatic rings. The molecule has 0 aromatic rings. The number of hydrogen-bond donors (Lipinski definition) is 1. The molecule has 0 aromatic carbocycles. The Hall–Kier alpha value is -0.130. The normalized spacial score (nSPS) is 24.1. The van der Waals surface area contributed by atoms with E-state index in [9.17, 15) is 8.42 Å². The zero-order valence-electron chi connectivity index (χ0n) is 11.8. The van der Waals surface area contributed by atoms with E-state index in [1.807, 2.05) is 6.92 Å². The molecule has 0 aliphatic carbocycles. The van der Waals surface area contributed by atoms with Gasteiger partial charge >= 0.3 is 0 Å². The van der Waals surface area contributed by atoms with Crippen LogP contribution in [0.15, 0.2) is 0 Å². The van der Waals surface area contributed by atoms with Crippen LogP contribution in [0.5, 0.6) is 0 Å². The average Bonchev–Trinajstić information content (AvgIpc) is 2.86. The van der Waals surface area contributed by atoms with Crippen LogP contribution >= 0.6 is 0 Å². The van der Waals surface area contributed by atoms with Crippen molar-refractivity contribution < 1.29 is 13.2 Å². The SMILES string of the molecule is CCCNC(CS(=O)(=O)C(C)CC)C1CCOC1. The molecule has 1 N–H and O–H groups in total. The highest BCUT2D eigenvalue weighted by Crippen LogP contribution is 2.20. The molecule has 1 heterocycles. The predicted molar refractivity (Wildman–Crippen MR) is 74.5 cm³/mol. The molecule has 0 aromatic heterocycles. The minimum atomic E-state index is -3.00. The molecule has 0 spiro atoms. The summed E-state index contributed by atoms with van der Waals surface area (Å²) < 4.78 is 29.8. The quantitative estimate of drug-likeness (QED) is 0.732. The summed E-state index contributed by atoms with van der Waals surface area (Å²) in [5.41, 5.74) is 0. The lowest BCUT2D eigenvalue weighted by molar-refractivity contribution is 0.178. The molecule has 0 saturated carbocycles. The first-order valence-corrected chi connectivity index (χ1v) is 8.75. The third-order valence-corrected chi connectivity index (χ3v) is 6.17. The molecule has 0 radical (unpaired) electrons. The van der Waals surface area contributed by atoms with Crippen LogP contribution in [-0.2, 0) is 14.6 Å². The monoisotopic (exact) mass is 277 g/mol. The zero-order valence-corrected chi connectivity index (χ0v) is 12.6. The molecule has 1 saturated heterocycles. The minimum Gasteiger partial charge on any atom is -0.381 e. The Kier molecular flexibility index (Phi) is 6.60. The first kappa shape index (κ1) is 15.9. The van der Waals surface area contributed by atoms with E-state index in [0.29, 0.717) is 18.9 Å². The average molecular weight is 277 g/mol. The fraction of sp³-hybridized carbons (Fsp3) is 1.00. The Balaban J connectivity index is 2.65. The number of nitrogens with one attached hydrogen (secondary N) is 1. The molecule has 1 fully saturated rings. The lowest BCUT2D eigenvalue weighted by atomic mass is 10.0. The maximum atomic E-state index is 12.2. The molecule has 0 bridgehead atoms. The summed E-state index contributed by atoms with van der Waals surface area (Å²) in [6.45, 7) is 8.15. The Morgan fingerprint density at radius 1 is 1.39 bits per heavy atom. The number of rotatable bonds is 8. The molecule has 18 heavy (non-hydrogen) atoms. The molecule has 5 heteroatoms. The van der Waals surface area contributed by atoms with E-state index in [2.05, 4.69) is 12.2 Å². The van der Waals surface area contributed by atoms with E-state index in [-0.39, 0.29) is 17.0 Å². The first-order chi connectivity index (χ1) is 8.51. The van der Waals surface area contributed by atoms with E-state index in [1.165, 1.54) is 0 Å². The summed E-state index contributed by atoms with van der Waals surface area (Å²) in [4.78, 5) is 0. The second-order valence-electron chi connectivity index (χ2n) is 5.23. The third kappa shape index (κ3) is 4.52. The van der Waals surface area contributed by atoms with Gasteiger partial charge in [0.05, 0.1) is 17.6 Å². The van der Waals surface area contributed by atoms with Crippen LogP contribution in [0, 0.1) is 5.92 Å². The molecule has 108 valence electrons. The van der Waals surface area contributed by atoms with Crippen molar-refractivity contribution >= 4 is 9.84 Å². The van der Waals surface area contributed by atoms with Crippen molar-refractivity contribution in [1.82, 2.24) is 5.32 Å². The van der Waals surface area contributed by atoms with Crippen molar-refractivity contribution in [3.8, 4) is 0 Å². The maximum Gasteiger partial charge on any atom is 0.154 e.